The summed E-state index contributed by atoms with van der Waals surface area (Å²) in [5, 5.41) is 0. The number of imidazole rings is 1. The molecule has 1 aromatic heterocycles. The van der Waals surface area contributed by atoms with Gasteiger partial charge in [0.15, 0.2) is 5.82 Å². The second-order valence-electron chi connectivity index (χ2n) is 4.49. The van der Waals surface area contributed by atoms with Gasteiger partial charge in [-0.25, -0.2) is 13.8 Å². The third kappa shape index (κ3) is 1.74. The lowest BCUT2D eigenvalue weighted by molar-refractivity contribution is 0.628. The molecule has 0 atom stereocenters. The predicted molar refractivity (Wildman–Crippen MR) is 75.2 cm³/mol. The highest BCUT2D eigenvalue weighted by Crippen LogP contribution is 2.31. The maximum absolute atomic E-state index is 14.1. The molecule has 0 saturated heterocycles. The fraction of sp³-hybridized carbons (Fsp3) is 0.133. The van der Waals surface area contributed by atoms with Gasteiger partial charge < -0.3 is 10.3 Å². The van der Waals surface area contributed by atoms with E-state index < -0.39 is 11.6 Å². The van der Waals surface area contributed by atoms with Gasteiger partial charge in [0, 0.05) is 12.2 Å². The summed E-state index contributed by atoms with van der Waals surface area (Å²) in [6.45, 7) is 2.44. The molecule has 5 heteroatoms. The molecule has 2 aromatic carbocycles. The van der Waals surface area contributed by atoms with E-state index in [0.29, 0.717) is 17.9 Å². The van der Waals surface area contributed by atoms with Crippen LogP contribution in [0.3, 0.4) is 0 Å². The van der Waals surface area contributed by atoms with Crippen LogP contribution in [-0.2, 0) is 6.54 Å². The number of fused-ring (bicyclic) bond motifs is 1. The highest BCUT2D eigenvalue weighted by molar-refractivity contribution is 5.84. The van der Waals surface area contributed by atoms with E-state index in [2.05, 4.69) is 4.98 Å². The Labute approximate surface area is 114 Å². The zero-order valence-electron chi connectivity index (χ0n) is 10.9. The summed E-state index contributed by atoms with van der Waals surface area (Å²) in [6, 6.07) is 9.17. The Bertz CT molecular complexity index is 773. The second-order valence-corrected chi connectivity index (χ2v) is 4.49. The van der Waals surface area contributed by atoms with Gasteiger partial charge in [-0.15, -0.1) is 0 Å². The van der Waals surface area contributed by atoms with Crippen LogP contribution in [0.4, 0.5) is 14.5 Å². The fourth-order valence-corrected chi connectivity index (χ4v) is 2.40. The third-order valence-electron chi connectivity index (χ3n) is 3.32. The molecule has 0 fully saturated rings. The van der Waals surface area contributed by atoms with Crippen molar-refractivity contribution in [2.75, 3.05) is 5.73 Å². The zero-order valence-corrected chi connectivity index (χ0v) is 10.9. The minimum Gasteiger partial charge on any atom is -0.398 e. The number of aromatic nitrogens is 2. The van der Waals surface area contributed by atoms with Crippen LogP contribution in [0.2, 0.25) is 0 Å². The smallest absolute Gasteiger partial charge is 0.151 e. The van der Waals surface area contributed by atoms with Gasteiger partial charge in [-0.3, -0.25) is 0 Å². The van der Waals surface area contributed by atoms with Gasteiger partial charge in [0.2, 0.25) is 0 Å². The van der Waals surface area contributed by atoms with Gasteiger partial charge >= 0.3 is 0 Å². The molecule has 0 saturated carbocycles. The van der Waals surface area contributed by atoms with Crippen molar-refractivity contribution in [2.45, 2.75) is 13.5 Å². The van der Waals surface area contributed by atoms with Crippen molar-refractivity contribution >= 4 is 16.7 Å². The summed E-state index contributed by atoms with van der Waals surface area (Å²) in [5.41, 5.74) is 7.21. The summed E-state index contributed by atoms with van der Waals surface area (Å²) in [7, 11) is 0. The number of benzene rings is 2. The maximum atomic E-state index is 14.1. The average molecular weight is 273 g/mol. The maximum Gasteiger partial charge on any atom is 0.151 e. The lowest BCUT2D eigenvalue weighted by Crippen LogP contribution is -2.02. The van der Waals surface area contributed by atoms with Crippen molar-refractivity contribution in [3.63, 3.8) is 0 Å². The van der Waals surface area contributed by atoms with Crippen LogP contribution < -0.4 is 5.73 Å². The Morgan fingerprint density at radius 3 is 2.50 bits per heavy atom. The van der Waals surface area contributed by atoms with Gasteiger partial charge in [0.1, 0.15) is 17.2 Å². The number of anilines is 1. The number of nitrogens with two attached hydrogens (primary N) is 1. The van der Waals surface area contributed by atoms with Crippen molar-refractivity contribution in [3.05, 3.63) is 48.0 Å². The number of rotatable bonds is 2. The standard InChI is InChI=1S/C15H13F2N3/c1-2-20-12-8-4-6-10(17)14(12)19-15(20)13-9(16)5-3-7-11(13)18/h3-8H,2,18H2,1H3. The quantitative estimate of drug-likeness (QED) is 0.725. The van der Waals surface area contributed by atoms with E-state index in [1.54, 1.807) is 22.8 Å². The summed E-state index contributed by atoms with van der Waals surface area (Å²) in [6.07, 6.45) is 0. The molecule has 0 aliphatic heterocycles. The van der Waals surface area contributed by atoms with E-state index in [9.17, 15) is 8.78 Å². The highest BCUT2D eigenvalue weighted by atomic mass is 19.1. The molecular weight excluding hydrogens is 260 g/mol. The normalized spacial score (nSPS) is 11.2. The van der Waals surface area contributed by atoms with Gasteiger partial charge in [0.05, 0.1) is 11.1 Å². The molecule has 3 rings (SSSR count). The number of para-hydroxylation sites is 1. The average Bonchev–Trinajstić information content (AvgIpc) is 2.78. The Morgan fingerprint density at radius 1 is 1.10 bits per heavy atom. The van der Waals surface area contributed by atoms with Crippen molar-refractivity contribution in [3.8, 4) is 11.4 Å². The molecule has 2 N–H and O–H groups in total. The number of nitrogens with zero attached hydrogens (tertiary/aromatic N) is 2. The second kappa shape index (κ2) is 4.59. The Kier molecular flexibility index (Phi) is 2.89. The first-order chi connectivity index (χ1) is 9.63. The summed E-state index contributed by atoms with van der Waals surface area (Å²) < 4.78 is 29.6. The van der Waals surface area contributed by atoms with E-state index in [1.807, 2.05) is 6.92 Å². The molecule has 3 aromatic rings. The Morgan fingerprint density at radius 2 is 1.80 bits per heavy atom. The molecule has 0 spiro atoms. The largest absolute Gasteiger partial charge is 0.398 e. The minimum atomic E-state index is -0.463. The van der Waals surface area contributed by atoms with E-state index in [0.717, 1.165) is 0 Å². The summed E-state index contributed by atoms with van der Waals surface area (Å²) in [5.74, 6) is -0.538. The van der Waals surface area contributed by atoms with Gasteiger partial charge in [0.25, 0.3) is 0 Å². The third-order valence-corrected chi connectivity index (χ3v) is 3.32. The monoisotopic (exact) mass is 273 g/mol. The first kappa shape index (κ1) is 12.6. The molecule has 0 aliphatic rings. The Balaban J connectivity index is 2.40. The predicted octanol–water partition coefficient (Wildman–Crippen LogP) is 3.58. The molecule has 0 radical (unpaired) electrons. The number of aryl methyl sites for hydroxylation is 1. The fourth-order valence-electron chi connectivity index (χ4n) is 2.40. The molecule has 20 heavy (non-hydrogen) atoms. The Hall–Kier alpha value is -2.43. The van der Waals surface area contributed by atoms with Gasteiger partial charge in [-0.05, 0) is 31.2 Å². The lowest BCUT2D eigenvalue weighted by atomic mass is 10.1. The molecule has 102 valence electrons. The molecule has 0 bridgehead atoms. The van der Waals surface area contributed by atoms with Crippen molar-refractivity contribution < 1.29 is 8.78 Å². The van der Waals surface area contributed by atoms with Crippen LogP contribution in [0, 0.1) is 11.6 Å². The van der Waals surface area contributed by atoms with Crippen molar-refractivity contribution in [1.82, 2.24) is 9.55 Å². The molecule has 3 nitrogen and oxygen atoms in total. The van der Waals surface area contributed by atoms with Crippen LogP contribution in [0.5, 0.6) is 0 Å². The molecular formula is C15H13F2N3. The van der Waals surface area contributed by atoms with Gasteiger partial charge in [-0.1, -0.05) is 12.1 Å². The van der Waals surface area contributed by atoms with Crippen LogP contribution in [0.15, 0.2) is 36.4 Å². The van der Waals surface area contributed by atoms with Crippen LogP contribution in [0.1, 0.15) is 6.92 Å². The number of hydrogen-bond donors (Lipinski definition) is 1. The number of halogens is 2. The topological polar surface area (TPSA) is 43.8 Å². The molecule has 1 heterocycles. The first-order valence-electron chi connectivity index (χ1n) is 6.32. The molecule has 0 amide bonds. The number of hydrogen-bond acceptors (Lipinski definition) is 2. The van der Waals surface area contributed by atoms with Gasteiger partial charge in [-0.2, -0.15) is 0 Å². The first-order valence-corrected chi connectivity index (χ1v) is 6.32. The summed E-state index contributed by atoms with van der Waals surface area (Å²) >= 11 is 0. The van der Waals surface area contributed by atoms with E-state index in [-0.39, 0.29) is 16.8 Å². The van der Waals surface area contributed by atoms with E-state index >= 15 is 0 Å². The summed E-state index contributed by atoms with van der Waals surface area (Å²) in [4.78, 5) is 4.24. The van der Waals surface area contributed by atoms with Crippen molar-refractivity contribution in [1.29, 1.82) is 0 Å². The number of nitrogen functional groups attached to an aromatic ring is 1. The van der Waals surface area contributed by atoms with E-state index in [1.165, 1.54) is 18.2 Å². The van der Waals surface area contributed by atoms with Crippen molar-refractivity contribution in [2.24, 2.45) is 0 Å². The zero-order chi connectivity index (χ0) is 14.3. The SMILES string of the molecule is CCn1c(-c2c(N)cccc2F)nc2c(F)cccc21. The van der Waals surface area contributed by atoms with E-state index in [4.69, 9.17) is 5.73 Å². The molecule has 0 aliphatic carbocycles. The van der Waals surface area contributed by atoms with Crippen LogP contribution in [-0.4, -0.2) is 9.55 Å². The lowest BCUT2D eigenvalue weighted by Gasteiger charge is -2.09. The molecule has 0 unspecified atom stereocenters. The minimum absolute atomic E-state index is 0.213. The van der Waals surface area contributed by atoms with Crippen LogP contribution >= 0.6 is 0 Å². The highest BCUT2D eigenvalue weighted by Gasteiger charge is 2.18. The van der Waals surface area contributed by atoms with Crippen LogP contribution in [0.25, 0.3) is 22.4 Å².